The summed E-state index contributed by atoms with van der Waals surface area (Å²) in [5.41, 5.74) is 2.03. The Kier molecular flexibility index (Phi) is 6.13. The van der Waals surface area contributed by atoms with Crippen LogP contribution in [0.5, 0.6) is 0 Å². The second-order valence-electron chi connectivity index (χ2n) is 7.39. The number of ether oxygens (including phenoxy) is 1. The number of hydrogen-bond acceptors (Lipinski definition) is 6. The summed E-state index contributed by atoms with van der Waals surface area (Å²) in [5, 5.41) is 16.6. The fourth-order valence-electron chi connectivity index (χ4n) is 3.85. The second-order valence-corrected chi connectivity index (χ2v) is 8.49. The van der Waals surface area contributed by atoms with Gasteiger partial charge in [0, 0.05) is 30.3 Å². The number of amides is 1. The average Bonchev–Trinajstić information content (AvgIpc) is 3.06. The molecule has 0 bridgehead atoms. The van der Waals surface area contributed by atoms with E-state index >= 15 is 0 Å². The van der Waals surface area contributed by atoms with Gasteiger partial charge in [0.2, 0.25) is 5.91 Å². The molecule has 0 saturated carbocycles. The Labute approximate surface area is 173 Å². The van der Waals surface area contributed by atoms with Crippen LogP contribution in [0.15, 0.2) is 30.3 Å². The highest BCUT2D eigenvalue weighted by atomic mass is 32.1. The molecular weight excluding hydrogens is 390 g/mol. The number of fused-ring (bicyclic) bond motifs is 1. The van der Waals surface area contributed by atoms with Crippen LogP contribution >= 0.6 is 11.3 Å². The number of rotatable bonds is 6. The zero-order chi connectivity index (χ0) is 20.2. The lowest BCUT2D eigenvalue weighted by Gasteiger charge is -2.26. The van der Waals surface area contributed by atoms with Crippen molar-refractivity contribution in [2.24, 2.45) is 0 Å². The lowest BCUT2D eigenvalue weighted by Crippen LogP contribution is -2.36. The van der Waals surface area contributed by atoms with E-state index in [0.717, 1.165) is 35.4 Å². The van der Waals surface area contributed by atoms with Gasteiger partial charge in [0.15, 0.2) is 0 Å². The minimum Gasteiger partial charge on any atom is -0.478 e. The number of para-hydroxylation sites is 1. The number of anilines is 2. The van der Waals surface area contributed by atoms with Crippen molar-refractivity contribution in [2.45, 2.75) is 38.5 Å². The first kappa shape index (κ1) is 19.9. The first-order valence-corrected chi connectivity index (χ1v) is 10.7. The molecule has 7 nitrogen and oxygen atoms in total. The first-order chi connectivity index (χ1) is 14.1. The molecule has 8 heteroatoms. The van der Waals surface area contributed by atoms with Crippen molar-refractivity contribution in [3.63, 3.8) is 0 Å². The maximum Gasteiger partial charge on any atom is 0.338 e. The molecule has 2 aromatic rings. The van der Waals surface area contributed by atoms with E-state index in [1.165, 1.54) is 11.3 Å². The lowest BCUT2D eigenvalue weighted by atomic mass is 10.0. The Balaban J connectivity index is 1.43. The SMILES string of the molecule is O=C(CN1CCc2c(sc(NC3CCCCO3)c2C(=O)O)C1)Nc1ccccc1. The van der Waals surface area contributed by atoms with Gasteiger partial charge in [0.25, 0.3) is 0 Å². The van der Waals surface area contributed by atoms with E-state index < -0.39 is 5.97 Å². The summed E-state index contributed by atoms with van der Waals surface area (Å²) in [6.07, 6.45) is 3.50. The predicted molar refractivity (Wildman–Crippen MR) is 113 cm³/mol. The Hall–Kier alpha value is -2.42. The molecule has 3 heterocycles. The normalized spacial score (nSPS) is 19.4. The third kappa shape index (κ3) is 4.77. The van der Waals surface area contributed by atoms with Gasteiger partial charge in [-0.25, -0.2) is 4.79 Å². The topological polar surface area (TPSA) is 90.9 Å². The molecule has 2 aliphatic rings. The van der Waals surface area contributed by atoms with Crippen molar-refractivity contribution in [3.05, 3.63) is 46.3 Å². The molecule has 1 fully saturated rings. The number of nitrogens with zero attached hydrogens (tertiary/aromatic N) is 1. The van der Waals surface area contributed by atoms with Crippen molar-refractivity contribution < 1.29 is 19.4 Å². The summed E-state index contributed by atoms with van der Waals surface area (Å²) in [5.74, 6) is -0.973. The van der Waals surface area contributed by atoms with Crippen LogP contribution in [0.1, 0.15) is 40.1 Å². The van der Waals surface area contributed by atoms with Gasteiger partial charge in [-0.15, -0.1) is 11.3 Å². The van der Waals surface area contributed by atoms with Crippen LogP contribution < -0.4 is 10.6 Å². The van der Waals surface area contributed by atoms with Gasteiger partial charge in [0.1, 0.15) is 11.2 Å². The number of carboxylic acid groups (broad SMARTS) is 1. The number of carboxylic acids is 1. The fraction of sp³-hybridized carbons (Fsp3) is 0.429. The Morgan fingerprint density at radius 2 is 2.07 bits per heavy atom. The fourth-order valence-corrected chi connectivity index (χ4v) is 5.17. The van der Waals surface area contributed by atoms with Crippen LogP contribution in [0.3, 0.4) is 0 Å². The van der Waals surface area contributed by atoms with Crippen molar-refractivity contribution in [2.75, 3.05) is 30.3 Å². The smallest absolute Gasteiger partial charge is 0.338 e. The summed E-state index contributed by atoms with van der Waals surface area (Å²) < 4.78 is 5.72. The van der Waals surface area contributed by atoms with Crippen molar-refractivity contribution in [1.82, 2.24) is 4.90 Å². The number of aromatic carboxylic acids is 1. The lowest BCUT2D eigenvalue weighted by molar-refractivity contribution is -0.117. The van der Waals surface area contributed by atoms with E-state index in [-0.39, 0.29) is 18.7 Å². The number of benzene rings is 1. The minimum absolute atomic E-state index is 0.0661. The largest absolute Gasteiger partial charge is 0.478 e. The highest BCUT2D eigenvalue weighted by Gasteiger charge is 2.29. The Bertz CT molecular complexity index is 878. The molecule has 1 atom stereocenters. The summed E-state index contributed by atoms with van der Waals surface area (Å²) in [6, 6.07) is 9.38. The number of nitrogens with one attached hydrogen (secondary N) is 2. The average molecular weight is 416 g/mol. The molecule has 0 aliphatic carbocycles. The van der Waals surface area contributed by atoms with Gasteiger partial charge in [-0.2, -0.15) is 0 Å². The molecule has 1 amide bonds. The van der Waals surface area contributed by atoms with Gasteiger partial charge < -0.3 is 20.5 Å². The monoisotopic (exact) mass is 415 g/mol. The molecular formula is C21H25N3O4S. The highest BCUT2D eigenvalue weighted by Crippen LogP contribution is 2.38. The first-order valence-electron chi connectivity index (χ1n) is 9.93. The molecule has 1 saturated heterocycles. The highest BCUT2D eigenvalue weighted by molar-refractivity contribution is 7.16. The quantitative estimate of drug-likeness (QED) is 0.670. The third-order valence-electron chi connectivity index (χ3n) is 5.25. The van der Waals surface area contributed by atoms with Crippen molar-refractivity contribution in [1.29, 1.82) is 0 Å². The third-order valence-corrected chi connectivity index (χ3v) is 6.39. The molecule has 1 aromatic heterocycles. The summed E-state index contributed by atoms with van der Waals surface area (Å²) in [4.78, 5) is 27.3. The summed E-state index contributed by atoms with van der Waals surface area (Å²) in [7, 11) is 0. The molecule has 0 spiro atoms. The maximum atomic E-state index is 12.4. The standard InChI is InChI=1S/C21H25N3O4S/c25-17(22-14-6-2-1-3-7-14)13-24-10-9-15-16(12-24)29-20(19(15)21(26)27)23-18-8-4-5-11-28-18/h1-3,6-7,18,23H,4-5,8-13H2,(H,22,25)(H,26,27). The van der Waals surface area contributed by atoms with Gasteiger partial charge in [-0.3, -0.25) is 9.69 Å². The van der Waals surface area contributed by atoms with Gasteiger partial charge in [0.05, 0.1) is 12.1 Å². The summed E-state index contributed by atoms with van der Waals surface area (Å²) in [6.45, 7) is 2.22. The Morgan fingerprint density at radius 3 is 2.79 bits per heavy atom. The van der Waals surface area contributed by atoms with Crippen LogP contribution in [0.2, 0.25) is 0 Å². The van der Waals surface area contributed by atoms with Gasteiger partial charge in [-0.1, -0.05) is 18.2 Å². The van der Waals surface area contributed by atoms with Crippen molar-refractivity contribution in [3.8, 4) is 0 Å². The number of hydrogen-bond donors (Lipinski definition) is 3. The molecule has 2 aliphatic heterocycles. The van der Waals surface area contributed by atoms with E-state index in [9.17, 15) is 14.7 Å². The Morgan fingerprint density at radius 1 is 1.24 bits per heavy atom. The molecule has 0 radical (unpaired) electrons. The van der Waals surface area contributed by atoms with Gasteiger partial charge >= 0.3 is 5.97 Å². The zero-order valence-corrected chi connectivity index (χ0v) is 17.0. The van der Waals surface area contributed by atoms with Crippen LogP contribution in [0.25, 0.3) is 0 Å². The predicted octanol–water partition coefficient (Wildman–Crippen LogP) is 3.38. The van der Waals surface area contributed by atoms with E-state index in [1.807, 2.05) is 30.3 Å². The van der Waals surface area contributed by atoms with Gasteiger partial charge in [-0.05, 0) is 43.4 Å². The van der Waals surface area contributed by atoms with E-state index in [4.69, 9.17) is 4.74 Å². The molecule has 4 rings (SSSR count). The zero-order valence-electron chi connectivity index (χ0n) is 16.1. The number of carbonyl (C=O) groups excluding carboxylic acids is 1. The maximum absolute atomic E-state index is 12.4. The van der Waals surface area contributed by atoms with Crippen LogP contribution in [0.4, 0.5) is 10.7 Å². The number of thiophene rings is 1. The van der Waals surface area contributed by atoms with Crippen LogP contribution in [-0.4, -0.2) is 47.8 Å². The molecule has 154 valence electrons. The summed E-state index contributed by atoms with van der Waals surface area (Å²) >= 11 is 1.47. The van der Waals surface area contributed by atoms with Crippen molar-refractivity contribution >= 4 is 33.9 Å². The second kappa shape index (κ2) is 8.94. The van der Waals surface area contributed by atoms with Crippen LogP contribution in [0, 0.1) is 0 Å². The molecule has 29 heavy (non-hydrogen) atoms. The van der Waals surface area contributed by atoms with E-state index in [0.29, 0.717) is 36.7 Å². The number of carbonyl (C=O) groups is 2. The van der Waals surface area contributed by atoms with E-state index in [1.54, 1.807) is 0 Å². The van der Waals surface area contributed by atoms with E-state index in [2.05, 4.69) is 15.5 Å². The molecule has 1 unspecified atom stereocenters. The minimum atomic E-state index is -0.906. The molecule has 1 aromatic carbocycles. The molecule has 3 N–H and O–H groups in total. The van der Waals surface area contributed by atoms with Crippen LogP contribution in [-0.2, 0) is 22.5 Å².